The maximum absolute atomic E-state index is 11.9. The van der Waals surface area contributed by atoms with Crippen molar-refractivity contribution in [2.45, 2.75) is 40.2 Å². The zero-order valence-corrected chi connectivity index (χ0v) is 15.6. The molecule has 0 fully saturated rings. The van der Waals surface area contributed by atoms with Gasteiger partial charge in [-0.2, -0.15) is 8.42 Å². The van der Waals surface area contributed by atoms with Gasteiger partial charge in [-0.15, -0.1) is 4.40 Å². The Labute approximate surface area is 148 Å². The van der Waals surface area contributed by atoms with Crippen LogP contribution in [0.5, 0.6) is 5.75 Å². The maximum atomic E-state index is 11.9. The van der Waals surface area contributed by atoms with Crippen LogP contribution in [0.3, 0.4) is 0 Å². The normalized spacial score (nSPS) is 16.9. The van der Waals surface area contributed by atoms with Crippen LogP contribution in [0.25, 0.3) is 0 Å². The fourth-order valence-corrected chi connectivity index (χ4v) is 3.09. The molecule has 138 valence electrons. The molecule has 8 nitrogen and oxygen atoms in total. The summed E-state index contributed by atoms with van der Waals surface area (Å²) in [6, 6.07) is 4.96. The van der Waals surface area contributed by atoms with Crippen LogP contribution >= 0.6 is 0 Å². The Morgan fingerprint density at radius 1 is 1.40 bits per heavy atom. The number of nitrogens with zero attached hydrogens (tertiary/aromatic N) is 1. The molecule has 0 aromatic heterocycles. The van der Waals surface area contributed by atoms with E-state index < -0.39 is 15.6 Å². The van der Waals surface area contributed by atoms with Gasteiger partial charge in [0.05, 0.1) is 17.4 Å². The maximum Gasteiger partial charge on any atom is 0.344 e. The standard InChI is InChI=1S/C16H24N4O4S/c1-10(8-9-18-15(21)16(2,3)4)24-12-7-5-6-11-13(12)14(17)20-25(22,23)19-11/h5-7,10,19H,8-9H2,1-4H3,(H2,17,20)(H,18,21). The van der Waals surface area contributed by atoms with Crippen molar-refractivity contribution in [1.29, 1.82) is 0 Å². The zero-order chi connectivity index (χ0) is 18.8. The minimum atomic E-state index is -3.82. The van der Waals surface area contributed by atoms with E-state index in [1.807, 2.05) is 27.7 Å². The highest BCUT2D eigenvalue weighted by Gasteiger charge is 2.25. The Balaban J connectivity index is 2.03. The third-order valence-corrected chi connectivity index (χ3v) is 4.50. The number of amides is 1. The smallest absolute Gasteiger partial charge is 0.344 e. The van der Waals surface area contributed by atoms with Gasteiger partial charge in [0.25, 0.3) is 0 Å². The number of amidine groups is 1. The van der Waals surface area contributed by atoms with Gasteiger partial charge in [-0.1, -0.05) is 26.8 Å². The number of carbonyl (C=O) groups excluding carboxylic acids is 1. The molecule has 4 N–H and O–H groups in total. The number of ether oxygens (including phenoxy) is 1. The first kappa shape index (κ1) is 19.0. The highest BCUT2D eigenvalue weighted by atomic mass is 32.2. The molecule has 0 radical (unpaired) electrons. The lowest BCUT2D eigenvalue weighted by molar-refractivity contribution is -0.128. The van der Waals surface area contributed by atoms with Gasteiger partial charge in [0.2, 0.25) is 5.91 Å². The van der Waals surface area contributed by atoms with Gasteiger partial charge in [0, 0.05) is 18.4 Å². The molecule has 1 heterocycles. The van der Waals surface area contributed by atoms with Gasteiger partial charge < -0.3 is 15.8 Å². The quantitative estimate of drug-likeness (QED) is 0.724. The topological polar surface area (TPSA) is 123 Å². The second kappa shape index (κ2) is 6.91. The molecule has 2 rings (SSSR count). The average molecular weight is 368 g/mol. The van der Waals surface area contributed by atoms with Gasteiger partial charge >= 0.3 is 10.2 Å². The second-order valence-electron chi connectivity index (χ2n) is 6.96. The molecule has 1 aliphatic rings. The van der Waals surface area contributed by atoms with E-state index in [1.54, 1.807) is 18.2 Å². The van der Waals surface area contributed by atoms with Crippen LogP contribution in [0, 0.1) is 5.41 Å². The highest BCUT2D eigenvalue weighted by Crippen LogP contribution is 2.31. The first-order valence-electron chi connectivity index (χ1n) is 7.96. The number of nitrogens with two attached hydrogens (primary N) is 1. The van der Waals surface area contributed by atoms with E-state index in [-0.39, 0.29) is 17.8 Å². The number of hydrogen-bond donors (Lipinski definition) is 3. The number of rotatable bonds is 5. The minimum Gasteiger partial charge on any atom is -0.490 e. The van der Waals surface area contributed by atoms with Crippen LogP contribution in [0.2, 0.25) is 0 Å². The van der Waals surface area contributed by atoms with Gasteiger partial charge in [-0.25, -0.2) is 0 Å². The molecule has 1 aromatic carbocycles. The van der Waals surface area contributed by atoms with Crippen LogP contribution in [-0.4, -0.2) is 32.8 Å². The molecular weight excluding hydrogens is 344 g/mol. The Morgan fingerprint density at radius 2 is 2.08 bits per heavy atom. The molecule has 0 saturated heterocycles. The lowest BCUT2D eigenvalue weighted by atomic mass is 9.96. The first-order chi connectivity index (χ1) is 11.5. The zero-order valence-electron chi connectivity index (χ0n) is 14.8. The number of benzene rings is 1. The van der Waals surface area contributed by atoms with E-state index in [9.17, 15) is 13.2 Å². The third-order valence-electron chi connectivity index (χ3n) is 3.59. The van der Waals surface area contributed by atoms with Crippen molar-refractivity contribution >= 4 is 27.6 Å². The lowest BCUT2D eigenvalue weighted by Crippen LogP contribution is -2.36. The van der Waals surface area contributed by atoms with E-state index in [2.05, 4.69) is 14.4 Å². The number of carbonyl (C=O) groups is 1. The molecule has 1 atom stereocenters. The number of anilines is 1. The molecule has 0 bridgehead atoms. The van der Waals surface area contributed by atoms with Crippen molar-refractivity contribution < 1.29 is 17.9 Å². The predicted octanol–water partition coefficient (Wildman–Crippen LogP) is 1.38. The molecule has 0 spiro atoms. The van der Waals surface area contributed by atoms with Crippen molar-refractivity contribution in [3.63, 3.8) is 0 Å². The van der Waals surface area contributed by atoms with Crippen LogP contribution in [0.15, 0.2) is 22.6 Å². The van der Waals surface area contributed by atoms with E-state index in [1.165, 1.54) is 0 Å². The highest BCUT2D eigenvalue weighted by molar-refractivity contribution is 7.91. The summed E-state index contributed by atoms with van der Waals surface area (Å²) in [6.07, 6.45) is 0.381. The molecule has 1 unspecified atom stereocenters. The summed E-state index contributed by atoms with van der Waals surface area (Å²) in [5.74, 6) is 0.302. The Morgan fingerprint density at radius 3 is 2.72 bits per heavy atom. The lowest BCUT2D eigenvalue weighted by Gasteiger charge is -2.22. The molecular formula is C16H24N4O4S. The summed E-state index contributed by atoms with van der Waals surface area (Å²) in [6.45, 7) is 7.89. The third kappa shape index (κ3) is 4.85. The van der Waals surface area contributed by atoms with Gasteiger partial charge in [-0.05, 0) is 19.1 Å². The Bertz CT molecular complexity index is 797. The SMILES string of the molecule is CC(CCNC(=O)C(C)(C)C)Oc1cccc2c1C(N)=NS(=O)(=O)N2. The van der Waals surface area contributed by atoms with Crippen LogP contribution < -0.4 is 20.5 Å². The van der Waals surface area contributed by atoms with E-state index in [4.69, 9.17) is 10.5 Å². The molecule has 0 aliphatic carbocycles. The monoisotopic (exact) mass is 368 g/mol. The summed E-state index contributed by atoms with van der Waals surface area (Å²) in [7, 11) is -3.82. The van der Waals surface area contributed by atoms with Crippen molar-refractivity contribution in [2.24, 2.45) is 15.5 Å². The Kier molecular flexibility index (Phi) is 5.26. The first-order valence-corrected chi connectivity index (χ1v) is 9.40. The molecule has 1 aromatic rings. The number of fused-ring (bicyclic) bond motifs is 1. The molecule has 1 aliphatic heterocycles. The Hall–Kier alpha value is -2.29. The molecule has 1 amide bonds. The summed E-state index contributed by atoms with van der Waals surface area (Å²) >= 11 is 0. The summed E-state index contributed by atoms with van der Waals surface area (Å²) < 4.78 is 34.8. The van der Waals surface area contributed by atoms with E-state index in [0.29, 0.717) is 30.0 Å². The van der Waals surface area contributed by atoms with Gasteiger partial charge in [-0.3, -0.25) is 9.52 Å². The molecule has 0 saturated carbocycles. The molecule has 25 heavy (non-hydrogen) atoms. The van der Waals surface area contributed by atoms with Crippen molar-refractivity contribution in [3.05, 3.63) is 23.8 Å². The van der Waals surface area contributed by atoms with Crippen LogP contribution in [0.1, 0.15) is 39.7 Å². The van der Waals surface area contributed by atoms with Crippen LogP contribution in [-0.2, 0) is 15.0 Å². The predicted molar refractivity (Wildman–Crippen MR) is 96.9 cm³/mol. The fraction of sp³-hybridized carbons (Fsp3) is 0.500. The van der Waals surface area contributed by atoms with Crippen LogP contribution in [0.4, 0.5) is 5.69 Å². The van der Waals surface area contributed by atoms with E-state index in [0.717, 1.165) is 0 Å². The summed E-state index contributed by atoms with van der Waals surface area (Å²) in [5, 5.41) is 2.86. The molecule has 9 heteroatoms. The second-order valence-corrected chi connectivity index (χ2v) is 8.29. The fourth-order valence-electron chi connectivity index (χ4n) is 2.25. The van der Waals surface area contributed by atoms with Crippen molar-refractivity contribution in [3.8, 4) is 5.75 Å². The summed E-state index contributed by atoms with van der Waals surface area (Å²) in [4.78, 5) is 11.9. The average Bonchev–Trinajstić information content (AvgIpc) is 2.44. The largest absolute Gasteiger partial charge is 0.490 e. The van der Waals surface area contributed by atoms with Crippen molar-refractivity contribution in [2.75, 3.05) is 11.3 Å². The summed E-state index contributed by atoms with van der Waals surface area (Å²) in [5.41, 5.74) is 6.09. The van der Waals surface area contributed by atoms with Gasteiger partial charge in [0.1, 0.15) is 5.75 Å². The van der Waals surface area contributed by atoms with Crippen molar-refractivity contribution in [1.82, 2.24) is 5.32 Å². The number of nitrogens with one attached hydrogen (secondary N) is 2. The minimum absolute atomic E-state index is 0.0254. The van der Waals surface area contributed by atoms with Gasteiger partial charge in [0.15, 0.2) is 5.84 Å². The van der Waals surface area contributed by atoms with E-state index >= 15 is 0 Å². The number of hydrogen-bond acceptors (Lipinski definition) is 5.